The van der Waals surface area contributed by atoms with Crippen LogP contribution in [0.3, 0.4) is 0 Å². The molecule has 2 unspecified atom stereocenters. The first kappa shape index (κ1) is 17.1. The maximum Gasteiger partial charge on any atom is 0.134 e. The summed E-state index contributed by atoms with van der Waals surface area (Å²) in [5.41, 5.74) is 3.77. The quantitative estimate of drug-likeness (QED) is 0.574. The fraction of sp³-hybridized carbons (Fsp3) is 0.364. The van der Waals surface area contributed by atoms with Gasteiger partial charge in [0, 0.05) is 5.02 Å². The molecule has 0 aromatic heterocycles. The first-order valence-electron chi connectivity index (χ1n) is 9.83. The summed E-state index contributed by atoms with van der Waals surface area (Å²) >= 11 is 5.97. The van der Waals surface area contributed by atoms with E-state index in [2.05, 4.69) is 35.4 Å². The topological polar surface area (TPSA) is 33.6 Å². The second kappa shape index (κ2) is 6.86. The van der Waals surface area contributed by atoms with E-state index in [1.807, 2.05) is 30.5 Å². The van der Waals surface area contributed by atoms with E-state index in [0.29, 0.717) is 5.92 Å². The van der Waals surface area contributed by atoms with Gasteiger partial charge in [0.05, 0.1) is 44.0 Å². The van der Waals surface area contributed by atoms with Gasteiger partial charge in [0.25, 0.3) is 0 Å². The van der Waals surface area contributed by atoms with Crippen LogP contribution in [0.2, 0.25) is 5.02 Å². The second-order valence-corrected chi connectivity index (χ2v) is 8.62. The van der Waals surface area contributed by atoms with Gasteiger partial charge in [-0.05, 0) is 23.3 Å². The lowest BCUT2D eigenvalue weighted by Crippen LogP contribution is -3.17. The van der Waals surface area contributed by atoms with Gasteiger partial charge in [0.1, 0.15) is 18.5 Å². The van der Waals surface area contributed by atoms with Crippen molar-refractivity contribution in [3.63, 3.8) is 0 Å². The Morgan fingerprint density at radius 2 is 1.59 bits per heavy atom. The van der Waals surface area contributed by atoms with Gasteiger partial charge in [-0.25, -0.2) is 0 Å². The minimum atomic E-state index is 0.0287. The Balaban J connectivity index is 1.54. The van der Waals surface area contributed by atoms with Gasteiger partial charge in [-0.15, -0.1) is 0 Å². The highest BCUT2D eigenvalue weighted by Gasteiger charge is 2.58. The second-order valence-electron chi connectivity index (χ2n) is 8.19. The molecule has 4 fully saturated rings. The molecule has 4 nitrogen and oxygen atoms in total. The summed E-state index contributed by atoms with van der Waals surface area (Å²) in [6.45, 7) is 7.25. The molecule has 4 saturated heterocycles. The van der Waals surface area contributed by atoms with Crippen LogP contribution in [0.1, 0.15) is 11.1 Å². The molecule has 0 amide bonds. The van der Waals surface area contributed by atoms with Crippen LogP contribution >= 0.6 is 11.6 Å². The molecule has 4 aliphatic heterocycles. The lowest BCUT2D eigenvalue weighted by atomic mass is 9.66. The molecule has 2 aromatic rings. The predicted octanol–water partition coefficient (Wildman–Crippen LogP) is 0.480. The molecular formula is C22H25ClN4+2. The van der Waals surface area contributed by atoms with Crippen LogP contribution in [-0.4, -0.2) is 51.2 Å². The molecule has 4 aliphatic rings. The highest BCUT2D eigenvalue weighted by atomic mass is 35.5. The van der Waals surface area contributed by atoms with E-state index in [-0.39, 0.29) is 5.41 Å². The number of fused-ring (bicyclic) bond motifs is 1. The molecule has 4 heterocycles. The van der Waals surface area contributed by atoms with Crippen molar-refractivity contribution in [2.45, 2.75) is 5.41 Å². The molecule has 0 saturated carbocycles. The molecular weight excluding hydrogens is 356 g/mol. The van der Waals surface area contributed by atoms with Crippen molar-refractivity contribution in [2.75, 3.05) is 39.3 Å². The van der Waals surface area contributed by atoms with Crippen molar-refractivity contribution in [2.24, 2.45) is 16.1 Å². The van der Waals surface area contributed by atoms with Crippen molar-refractivity contribution in [1.29, 1.82) is 0 Å². The molecule has 4 bridgehead atoms. The maximum absolute atomic E-state index is 5.97. The number of benzene rings is 2. The Morgan fingerprint density at radius 1 is 0.926 bits per heavy atom. The van der Waals surface area contributed by atoms with E-state index in [9.17, 15) is 0 Å². The zero-order chi connectivity index (χ0) is 18.3. The van der Waals surface area contributed by atoms with Gasteiger partial charge < -0.3 is 9.80 Å². The number of hydrogen-bond acceptors (Lipinski definition) is 2. The summed E-state index contributed by atoms with van der Waals surface area (Å²) in [4.78, 5) is 3.47. The average molecular weight is 381 g/mol. The lowest BCUT2D eigenvalue weighted by molar-refractivity contribution is -0.918. The van der Waals surface area contributed by atoms with Crippen molar-refractivity contribution in [1.82, 2.24) is 0 Å². The number of halogens is 1. The van der Waals surface area contributed by atoms with Gasteiger partial charge in [-0.3, -0.25) is 0 Å². The first-order valence-corrected chi connectivity index (χ1v) is 10.2. The van der Waals surface area contributed by atoms with E-state index in [4.69, 9.17) is 16.7 Å². The summed E-state index contributed by atoms with van der Waals surface area (Å²) in [6.07, 6.45) is 1.85. The average Bonchev–Trinajstić information content (AvgIpc) is 2.94. The summed E-state index contributed by atoms with van der Waals surface area (Å²) in [6, 6.07) is 18.7. The van der Waals surface area contributed by atoms with Crippen LogP contribution in [0.4, 0.5) is 0 Å². The SMILES string of the molecule is Clc1ccc(/C=N\N=C2\C3C[NH+]4CC[NH+](C3)CC2(c2ccccc2)C4)cc1. The number of rotatable bonds is 3. The zero-order valence-corrected chi connectivity index (χ0v) is 16.1. The highest BCUT2D eigenvalue weighted by molar-refractivity contribution is 6.30. The molecule has 5 heteroatoms. The molecule has 138 valence electrons. The summed E-state index contributed by atoms with van der Waals surface area (Å²) in [5.74, 6) is 0.530. The van der Waals surface area contributed by atoms with E-state index in [1.165, 1.54) is 37.5 Å². The van der Waals surface area contributed by atoms with Gasteiger partial charge in [0.15, 0.2) is 0 Å². The Hall–Kier alpha value is -2.01. The van der Waals surface area contributed by atoms with Crippen LogP contribution in [0.5, 0.6) is 0 Å². The Bertz CT molecular complexity index is 859. The fourth-order valence-electron chi connectivity index (χ4n) is 5.32. The van der Waals surface area contributed by atoms with Crippen LogP contribution in [0.25, 0.3) is 0 Å². The summed E-state index contributed by atoms with van der Waals surface area (Å²) < 4.78 is 0. The van der Waals surface area contributed by atoms with Gasteiger partial charge in [-0.1, -0.05) is 54.1 Å². The van der Waals surface area contributed by atoms with Crippen molar-refractivity contribution < 1.29 is 9.80 Å². The third kappa shape index (κ3) is 3.12. The number of quaternary nitrogens is 2. The smallest absolute Gasteiger partial charge is 0.134 e. The molecule has 0 aliphatic carbocycles. The van der Waals surface area contributed by atoms with Gasteiger partial charge in [-0.2, -0.15) is 10.2 Å². The van der Waals surface area contributed by atoms with Crippen LogP contribution in [0.15, 0.2) is 64.8 Å². The fourth-order valence-corrected chi connectivity index (χ4v) is 5.45. The number of hydrogen-bond donors (Lipinski definition) is 2. The molecule has 2 aromatic carbocycles. The molecule has 27 heavy (non-hydrogen) atoms. The number of nitrogens with zero attached hydrogens (tertiary/aromatic N) is 2. The monoisotopic (exact) mass is 380 g/mol. The van der Waals surface area contributed by atoms with Crippen molar-refractivity contribution in [3.05, 3.63) is 70.7 Å². The van der Waals surface area contributed by atoms with E-state index in [0.717, 1.165) is 23.7 Å². The first-order chi connectivity index (χ1) is 13.2. The molecule has 0 spiro atoms. The minimum Gasteiger partial charge on any atom is -0.328 e. The van der Waals surface area contributed by atoms with Crippen LogP contribution < -0.4 is 9.80 Å². The largest absolute Gasteiger partial charge is 0.328 e. The number of nitrogens with one attached hydrogen (secondary N) is 2. The maximum atomic E-state index is 5.97. The molecule has 0 radical (unpaired) electrons. The number of piperidine rings is 2. The molecule has 6 rings (SSSR count). The van der Waals surface area contributed by atoms with Crippen molar-refractivity contribution >= 4 is 23.5 Å². The third-order valence-corrected chi connectivity index (χ3v) is 6.70. The Morgan fingerprint density at radius 3 is 2.26 bits per heavy atom. The van der Waals surface area contributed by atoms with Crippen molar-refractivity contribution in [3.8, 4) is 0 Å². The predicted molar refractivity (Wildman–Crippen MR) is 109 cm³/mol. The standard InChI is InChI=1S/C22H23ClN4/c23-20-8-6-17(7-9-20)12-24-25-21-18-13-26-10-11-27(14-18)16-22(21,15-26)19-4-2-1-3-5-19/h1-9,12,18H,10-11,13-16H2/p+2/b24-12-,25-21-. The summed E-state index contributed by atoms with van der Waals surface area (Å²) in [7, 11) is 0. The lowest BCUT2D eigenvalue weighted by Gasteiger charge is -2.46. The van der Waals surface area contributed by atoms with E-state index in [1.54, 1.807) is 9.80 Å². The van der Waals surface area contributed by atoms with Crippen LogP contribution in [-0.2, 0) is 5.41 Å². The Kier molecular flexibility index (Phi) is 4.35. The zero-order valence-electron chi connectivity index (χ0n) is 15.4. The van der Waals surface area contributed by atoms with Gasteiger partial charge >= 0.3 is 0 Å². The van der Waals surface area contributed by atoms with Crippen LogP contribution in [0, 0.1) is 5.92 Å². The highest BCUT2D eigenvalue weighted by Crippen LogP contribution is 2.31. The summed E-state index contributed by atoms with van der Waals surface area (Å²) in [5, 5.41) is 10.1. The minimum absolute atomic E-state index is 0.0287. The molecule has 2 atom stereocenters. The van der Waals surface area contributed by atoms with E-state index >= 15 is 0 Å². The van der Waals surface area contributed by atoms with Gasteiger partial charge in [0.2, 0.25) is 0 Å². The third-order valence-electron chi connectivity index (χ3n) is 6.45. The molecule has 2 N–H and O–H groups in total. The van der Waals surface area contributed by atoms with E-state index < -0.39 is 0 Å². The Labute approximate surface area is 165 Å². The normalized spacial score (nSPS) is 33.7.